The highest BCUT2D eigenvalue weighted by molar-refractivity contribution is 7.11. The monoisotopic (exact) mass is 532 g/mol. The van der Waals surface area contributed by atoms with Gasteiger partial charge in [0.25, 0.3) is 0 Å². The minimum atomic E-state index is -0.741. The van der Waals surface area contributed by atoms with Crippen LogP contribution in [0.5, 0.6) is 5.88 Å². The summed E-state index contributed by atoms with van der Waals surface area (Å²) in [5, 5.41) is 21.5. The first-order chi connectivity index (χ1) is 18.2. The Labute approximate surface area is 228 Å². The first kappa shape index (κ1) is 25.4. The van der Waals surface area contributed by atoms with Crippen LogP contribution in [-0.2, 0) is 10.2 Å². The Bertz CT molecular complexity index is 1320. The number of carbonyl (C=O) groups excluding carboxylic acids is 1. The highest BCUT2D eigenvalue weighted by Crippen LogP contribution is 2.58. The number of nitrogens with zero attached hydrogens (tertiary/aromatic N) is 4. The van der Waals surface area contributed by atoms with Crippen molar-refractivity contribution in [2.75, 3.05) is 18.6 Å². The van der Waals surface area contributed by atoms with Crippen LogP contribution in [0.25, 0.3) is 11.1 Å². The summed E-state index contributed by atoms with van der Waals surface area (Å²) in [6, 6.07) is 12.1. The highest BCUT2D eigenvalue weighted by atomic mass is 32.1. The average molecular weight is 533 g/mol. The SMILES string of the molecule is COc1cc(-c2cccc(N(CC34CCC(c5nnc(C)s5)(CC3)CC4)C(=O)C3CC(C)(O)C3)c2)ccn1. The lowest BCUT2D eigenvalue weighted by Gasteiger charge is -2.54. The first-order valence-electron chi connectivity index (χ1n) is 13.6. The molecule has 38 heavy (non-hydrogen) atoms. The molecular weight excluding hydrogens is 496 g/mol. The van der Waals surface area contributed by atoms with Gasteiger partial charge in [0.2, 0.25) is 11.8 Å². The zero-order valence-electron chi connectivity index (χ0n) is 22.4. The molecule has 0 atom stereocenters. The van der Waals surface area contributed by atoms with Crippen molar-refractivity contribution in [3.63, 3.8) is 0 Å². The summed E-state index contributed by atoms with van der Waals surface area (Å²) < 4.78 is 5.33. The molecule has 4 aliphatic rings. The van der Waals surface area contributed by atoms with Gasteiger partial charge in [0.1, 0.15) is 10.0 Å². The van der Waals surface area contributed by atoms with Crippen LogP contribution in [-0.4, -0.2) is 45.5 Å². The van der Waals surface area contributed by atoms with Gasteiger partial charge in [0.15, 0.2) is 0 Å². The highest BCUT2D eigenvalue weighted by Gasteiger charge is 2.53. The molecule has 7 rings (SSSR count). The Morgan fingerprint density at radius 2 is 1.79 bits per heavy atom. The minimum Gasteiger partial charge on any atom is -0.481 e. The second kappa shape index (κ2) is 9.42. The maximum Gasteiger partial charge on any atom is 0.230 e. The maximum atomic E-state index is 14.0. The zero-order valence-corrected chi connectivity index (χ0v) is 23.3. The lowest BCUT2D eigenvalue weighted by molar-refractivity contribution is -0.137. The van der Waals surface area contributed by atoms with Crippen LogP contribution in [0.1, 0.15) is 68.3 Å². The van der Waals surface area contributed by atoms with Crippen LogP contribution in [0.2, 0.25) is 0 Å². The van der Waals surface area contributed by atoms with Crippen molar-refractivity contribution in [1.82, 2.24) is 15.2 Å². The van der Waals surface area contributed by atoms with Crippen molar-refractivity contribution in [2.45, 2.75) is 76.2 Å². The second-order valence-corrected chi connectivity index (χ2v) is 13.3. The van der Waals surface area contributed by atoms with E-state index in [1.54, 1.807) is 24.6 Å². The van der Waals surface area contributed by atoms with Gasteiger partial charge in [-0.05, 0) is 100.0 Å². The fraction of sp³-hybridized carbons (Fsp3) is 0.533. The lowest BCUT2D eigenvalue weighted by atomic mass is 9.53. The molecule has 0 aliphatic heterocycles. The third-order valence-corrected chi connectivity index (χ3v) is 10.4. The van der Waals surface area contributed by atoms with Gasteiger partial charge in [-0.2, -0.15) is 0 Å². The predicted octanol–water partition coefficient (Wildman–Crippen LogP) is 5.70. The molecule has 1 aromatic carbocycles. The van der Waals surface area contributed by atoms with Gasteiger partial charge in [-0.15, -0.1) is 21.5 Å². The molecule has 2 heterocycles. The van der Waals surface area contributed by atoms with Crippen molar-refractivity contribution >= 4 is 22.9 Å². The van der Waals surface area contributed by atoms with E-state index in [2.05, 4.69) is 27.3 Å². The van der Waals surface area contributed by atoms with Crippen LogP contribution in [0, 0.1) is 18.3 Å². The van der Waals surface area contributed by atoms with E-state index in [0.717, 1.165) is 66.9 Å². The molecule has 2 bridgehead atoms. The summed E-state index contributed by atoms with van der Waals surface area (Å²) in [5.74, 6) is 0.564. The first-order valence-corrected chi connectivity index (χ1v) is 14.5. The van der Waals surface area contributed by atoms with Crippen molar-refractivity contribution in [3.8, 4) is 17.0 Å². The Hall–Kier alpha value is -2.84. The Kier molecular flexibility index (Phi) is 6.30. The summed E-state index contributed by atoms with van der Waals surface area (Å²) in [5.41, 5.74) is 2.48. The molecule has 1 amide bonds. The van der Waals surface area contributed by atoms with Crippen LogP contribution in [0.4, 0.5) is 5.69 Å². The van der Waals surface area contributed by atoms with E-state index in [9.17, 15) is 9.90 Å². The number of hydrogen-bond donors (Lipinski definition) is 1. The molecular formula is C30H36N4O3S. The molecule has 3 aromatic rings. The topological polar surface area (TPSA) is 88.4 Å². The standard InChI is InChI=1S/C30H36N4O3S/c1-20-32-33-27(38-20)30-11-8-29(9-12-30,10-13-30)19-34(26(35)23-17-28(2,36)18-23)24-6-4-5-21(15-24)22-7-14-31-25(16-22)37-3/h4-7,14-16,23,36H,8-13,17-19H2,1-3H3. The van der Waals surface area contributed by atoms with Crippen molar-refractivity contribution in [1.29, 1.82) is 0 Å². The number of benzene rings is 1. The number of carbonyl (C=O) groups is 1. The number of methoxy groups -OCH3 is 1. The Morgan fingerprint density at radius 3 is 2.42 bits per heavy atom. The Balaban J connectivity index is 1.28. The van der Waals surface area contributed by atoms with E-state index >= 15 is 0 Å². The molecule has 4 saturated carbocycles. The molecule has 4 aliphatic carbocycles. The molecule has 7 nitrogen and oxygen atoms in total. The molecule has 200 valence electrons. The normalized spacial score (nSPS) is 30.1. The number of aryl methyl sites for hydroxylation is 1. The minimum absolute atomic E-state index is 0.110. The molecule has 8 heteroatoms. The number of rotatable bonds is 7. The molecule has 0 radical (unpaired) electrons. The number of aliphatic hydroxyl groups is 1. The number of anilines is 1. The molecule has 4 fully saturated rings. The van der Waals surface area contributed by atoms with Gasteiger partial charge in [-0.25, -0.2) is 4.98 Å². The van der Waals surface area contributed by atoms with E-state index in [0.29, 0.717) is 18.7 Å². The van der Waals surface area contributed by atoms with Gasteiger partial charge in [-0.3, -0.25) is 4.79 Å². The van der Waals surface area contributed by atoms with Crippen LogP contribution >= 0.6 is 11.3 Å². The fourth-order valence-electron chi connectivity index (χ4n) is 6.91. The third kappa shape index (κ3) is 4.62. The number of amides is 1. The van der Waals surface area contributed by atoms with Crippen molar-refractivity contribution < 1.29 is 14.6 Å². The summed E-state index contributed by atoms with van der Waals surface area (Å²) in [4.78, 5) is 20.2. The predicted molar refractivity (Wildman–Crippen MR) is 148 cm³/mol. The van der Waals surface area contributed by atoms with Crippen LogP contribution in [0.3, 0.4) is 0 Å². The van der Waals surface area contributed by atoms with Crippen LogP contribution in [0.15, 0.2) is 42.6 Å². The van der Waals surface area contributed by atoms with Crippen molar-refractivity contribution in [3.05, 3.63) is 52.6 Å². The molecule has 1 N–H and O–H groups in total. The summed E-state index contributed by atoms with van der Waals surface area (Å²) in [6.07, 6.45) is 9.41. The number of hydrogen-bond acceptors (Lipinski definition) is 7. The number of aromatic nitrogens is 3. The van der Waals surface area contributed by atoms with Gasteiger partial charge >= 0.3 is 0 Å². The summed E-state index contributed by atoms with van der Waals surface area (Å²) in [6.45, 7) is 4.58. The molecule has 0 spiro atoms. The van der Waals surface area contributed by atoms with Crippen molar-refractivity contribution in [2.24, 2.45) is 11.3 Å². The quantitative estimate of drug-likeness (QED) is 0.420. The third-order valence-electron chi connectivity index (χ3n) is 9.30. The van der Waals surface area contributed by atoms with E-state index in [4.69, 9.17) is 4.74 Å². The number of ether oxygens (including phenoxy) is 1. The molecule has 2 aromatic heterocycles. The number of fused-ring (bicyclic) bond motifs is 3. The molecule has 0 saturated heterocycles. The zero-order chi connectivity index (χ0) is 26.5. The van der Waals surface area contributed by atoms with E-state index < -0.39 is 5.60 Å². The Morgan fingerprint density at radius 1 is 1.08 bits per heavy atom. The smallest absolute Gasteiger partial charge is 0.230 e. The van der Waals surface area contributed by atoms with E-state index in [1.165, 1.54) is 5.01 Å². The van der Waals surface area contributed by atoms with Gasteiger partial charge in [-0.1, -0.05) is 12.1 Å². The van der Waals surface area contributed by atoms with Gasteiger partial charge < -0.3 is 14.7 Å². The maximum absolute atomic E-state index is 14.0. The second-order valence-electron chi connectivity index (χ2n) is 12.1. The molecule has 0 unspecified atom stereocenters. The summed E-state index contributed by atoms with van der Waals surface area (Å²) >= 11 is 1.75. The summed E-state index contributed by atoms with van der Waals surface area (Å²) in [7, 11) is 1.62. The van der Waals surface area contributed by atoms with E-state index in [1.807, 2.05) is 43.0 Å². The lowest BCUT2D eigenvalue weighted by Crippen LogP contribution is -2.54. The average Bonchev–Trinajstić information content (AvgIpc) is 3.38. The fourth-order valence-corrected chi connectivity index (χ4v) is 7.88. The van der Waals surface area contributed by atoms with Gasteiger partial charge in [0.05, 0.1) is 12.7 Å². The van der Waals surface area contributed by atoms with Gasteiger partial charge in [0, 0.05) is 35.8 Å². The van der Waals surface area contributed by atoms with E-state index in [-0.39, 0.29) is 22.7 Å². The largest absolute Gasteiger partial charge is 0.481 e. The number of pyridine rings is 1. The van der Waals surface area contributed by atoms with Crippen LogP contribution < -0.4 is 9.64 Å².